The molecule has 3 aromatic heterocycles. The van der Waals surface area contributed by atoms with Crippen LogP contribution in [0.15, 0.2) is 53.1 Å². The van der Waals surface area contributed by atoms with E-state index in [1.165, 1.54) is 0 Å². The van der Waals surface area contributed by atoms with Gasteiger partial charge in [-0.25, -0.2) is 9.97 Å². The van der Waals surface area contributed by atoms with Gasteiger partial charge in [0, 0.05) is 17.6 Å². The highest BCUT2D eigenvalue weighted by molar-refractivity contribution is 6.08. The number of hydrogen-bond donors (Lipinski definition) is 0. The van der Waals surface area contributed by atoms with Crippen LogP contribution in [-0.2, 0) is 0 Å². The molecule has 2 aromatic carbocycles. The SMILES string of the molecule is Cc1ncc2c(n1)oc1c(-c3nc4ccccc4n3C(C)C)cccc12. The lowest BCUT2D eigenvalue weighted by Crippen LogP contribution is -2.03. The first-order valence-electron chi connectivity index (χ1n) is 8.75. The third kappa shape index (κ3) is 2.07. The summed E-state index contributed by atoms with van der Waals surface area (Å²) in [6.45, 7) is 6.21. The number of rotatable bonds is 2. The maximum atomic E-state index is 6.15. The summed E-state index contributed by atoms with van der Waals surface area (Å²) in [6.07, 6.45) is 1.83. The Labute approximate surface area is 150 Å². The fourth-order valence-corrected chi connectivity index (χ4v) is 3.60. The van der Waals surface area contributed by atoms with Crippen LogP contribution in [0.4, 0.5) is 0 Å². The predicted molar refractivity (Wildman–Crippen MR) is 103 cm³/mol. The highest BCUT2D eigenvalue weighted by atomic mass is 16.3. The third-order valence-electron chi connectivity index (χ3n) is 4.73. The highest BCUT2D eigenvalue weighted by Gasteiger charge is 2.20. The monoisotopic (exact) mass is 342 g/mol. The summed E-state index contributed by atoms with van der Waals surface area (Å²) in [5.41, 5.74) is 4.51. The average Bonchev–Trinajstić information content (AvgIpc) is 3.19. The topological polar surface area (TPSA) is 56.7 Å². The molecule has 0 saturated carbocycles. The number of furan rings is 1. The predicted octanol–water partition coefficient (Wildman–Crippen LogP) is 5.28. The van der Waals surface area contributed by atoms with Gasteiger partial charge in [0.25, 0.3) is 0 Å². The molecule has 0 aliphatic heterocycles. The van der Waals surface area contributed by atoms with Crippen molar-refractivity contribution >= 4 is 33.1 Å². The first kappa shape index (κ1) is 15.1. The summed E-state index contributed by atoms with van der Waals surface area (Å²) in [5, 5.41) is 1.94. The second-order valence-corrected chi connectivity index (χ2v) is 6.81. The van der Waals surface area contributed by atoms with Gasteiger partial charge in [-0.2, -0.15) is 4.98 Å². The molecule has 0 aliphatic rings. The van der Waals surface area contributed by atoms with Gasteiger partial charge in [0.15, 0.2) is 0 Å². The molecule has 0 saturated heterocycles. The summed E-state index contributed by atoms with van der Waals surface area (Å²) in [7, 11) is 0. The number of fused-ring (bicyclic) bond motifs is 4. The zero-order chi connectivity index (χ0) is 17.8. The molecule has 3 heterocycles. The molecule has 0 atom stereocenters. The number of hydrogen-bond acceptors (Lipinski definition) is 4. The molecular weight excluding hydrogens is 324 g/mol. The van der Waals surface area contributed by atoms with Gasteiger partial charge in [0.1, 0.15) is 17.2 Å². The Morgan fingerprint density at radius 3 is 2.65 bits per heavy atom. The standard InChI is InChI=1S/C21H18N4O/c1-12(2)25-18-10-5-4-9-17(18)24-20(25)15-8-6-7-14-16-11-22-13(3)23-21(16)26-19(14)15/h4-12H,1-3H3. The van der Waals surface area contributed by atoms with Gasteiger partial charge in [-0.3, -0.25) is 0 Å². The van der Waals surface area contributed by atoms with E-state index in [9.17, 15) is 0 Å². The van der Waals surface area contributed by atoms with Crippen molar-refractivity contribution in [2.45, 2.75) is 26.8 Å². The number of aromatic nitrogens is 4. The Kier molecular flexibility index (Phi) is 3.13. The Bertz CT molecular complexity index is 1280. The Morgan fingerprint density at radius 2 is 1.81 bits per heavy atom. The minimum Gasteiger partial charge on any atom is -0.437 e. The number of aryl methyl sites for hydroxylation is 1. The van der Waals surface area contributed by atoms with Crippen molar-refractivity contribution in [3.8, 4) is 11.4 Å². The van der Waals surface area contributed by atoms with E-state index in [0.717, 1.165) is 38.8 Å². The van der Waals surface area contributed by atoms with Crippen LogP contribution in [0.2, 0.25) is 0 Å². The zero-order valence-corrected chi connectivity index (χ0v) is 14.9. The van der Waals surface area contributed by atoms with Crippen LogP contribution < -0.4 is 0 Å². The normalized spacial score (nSPS) is 12.0. The van der Waals surface area contributed by atoms with Crippen LogP contribution in [0.3, 0.4) is 0 Å². The molecule has 0 spiro atoms. The van der Waals surface area contributed by atoms with Crippen molar-refractivity contribution in [3.05, 3.63) is 54.5 Å². The van der Waals surface area contributed by atoms with Crippen molar-refractivity contribution < 1.29 is 4.42 Å². The van der Waals surface area contributed by atoms with E-state index in [0.29, 0.717) is 11.5 Å². The second kappa shape index (κ2) is 5.39. The van der Waals surface area contributed by atoms with Crippen LogP contribution in [-0.4, -0.2) is 19.5 Å². The van der Waals surface area contributed by atoms with Gasteiger partial charge in [-0.05, 0) is 39.0 Å². The van der Waals surface area contributed by atoms with E-state index in [4.69, 9.17) is 9.40 Å². The maximum Gasteiger partial charge on any atom is 0.230 e. The van der Waals surface area contributed by atoms with Crippen molar-refractivity contribution in [2.24, 2.45) is 0 Å². The molecule has 5 heteroatoms. The summed E-state index contributed by atoms with van der Waals surface area (Å²) in [5.74, 6) is 1.61. The minimum atomic E-state index is 0.277. The van der Waals surface area contributed by atoms with Gasteiger partial charge < -0.3 is 8.98 Å². The van der Waals surface area contributed by atoms with Crippen LogP contribution in [0.25, 0.3) is 44.5 Å². The lowest BCUT2D eigenvalue weighted by Gasteiger charge is -2.13. The molecular formula is C21H18N4O. The molecule has 5 nitrogen and oxygen atoms in total. The van der Waals surface area contributed by atoms with Crippen LogP contribution >= 0.6 is 0 Å². The van der Waals surface area contributed by atoms with Crippen molar-refractivity contribution in [1.82, 2.24) is 19.5 Å². The number of para-hydroxylation sites is 3. The van der Waals surface area contributed by atoms with E-state index >= 15 is 0 Å². The Hall–Kier alpha value is -3.21. The minimum absolute atomic E-state index is 0.277. The van der Waals surface area contributed by atoms with Gasteiger partial charge in [0.05, 0.1) is 22.0 Å². The fraction of sp³-hybridized carbons (Fsp3) is 0.190. The lowest BCUT2D eigenvalue weighted by atomic mass is 10.1. The van der Waals surface area contributed by atoms with Crippen molar-refractivity contribution in [2.75, 3.05) is 0 Å². The van der Waals surface area contributed by atoms with Gasteiger partial charge in [-0.1, -0.05) is 24.3 Å². The average molecular weight is 342 g/mol. The molecule has 5 aromatic rings. The molecule has 0 N–H and O–H groups in total. The lowest BCUT2D eigenvalue weighted by molar-refractivity contribution is 0.621. The zero-order valence-electron chi connectivity index (χ0n) is 14.9. The molecule has 0 fully saturated rings. The van der Waals surface area contributed by atoms with Crippen LogP contribution in [0.1, 0.15) is 25.7 Å². The van der Waals surface area contributed by atoms with E-state index in [-0.39, 0.29) is 6.04 Å². The van der Waals surface area contributed by atoms with E-state index in [1.807, 2.05) is 43.5 Å². The second-order valence-electron chi connectivity index (χ2n) is 6.81. The van der Waals surface area contributed by atoms with E-state index in [1.54, 1.807) is 0 Å². The fourth-order valence-electron chi connectivity index (χ4n) is 3.60. The largest absolute Gasteiger partial charge is 0.437 e. The van der Waals surface area contributed by atoms with Gasteiger partial charge in [0.2, 0.25) is 5.71 Å². The molecule has 0 aliphatic carbocycles. The van der Waals surface area contributed by atoms with Crippen LogP contribution in [0.5, 0.6) is 0 Å². The van der Waals surface area contributed by atoms with Gasteiger partial charge in [-0.15, -0.1) is 0 Å². The third-order valence-corrected chi connectivity index (χ3v) is 4.73. The van der Waals surface area contributed by atoms with E-state index in [2.05, 4.69) is 40.5 Å². The van der Waals surface area contributed by atoms with Crippen LogP contribution in [0, 0.1) is 6.92 Å². The quantitative estimate of drug-likeness (QED) is 0.438. The summed E-state index contributed by atoms with van der Waals surface area (Å²) in [6, 6.07) is 14.6. The number of benzene rings is 2. The molecule has 0 bridgehead atoms. The molecule has 5 rings (SSSR count). The highest BCUT2D eigenvalue weighted by Crippen LogP contribution is 2.36. The number of imidazole rings is 1. The smallest absolute Gasteiger partial charge is 0.230 e. The first-order chi connectivity index (χ1) is 12.6. The van der Waals surface area contributed by atoms with Gasteiger partial charge >= 0.3 is 0 Å². The molecule has 0 unspecified atom stereocenters. The molecule has 0 amide bonds. The van der Waals surface area contributed by atoms with E-state index < -0.39 is 0 Å². The molecule has 26 heavy (non-hydrogen) atoms. The van der Waals surface area contributed by atoms with Crippen molar-refractivity contribution in [3.63, 3.8) is 0 Å². The Balaban J connectivity index is 1.89. The summed E-state index contributed by atoms with van der Waals surface area (Å²) < 4.78 is 8.40. The molecule has 128 valence electrons. The molecule has 0 radical (unpaired) electrons. The summed E-state index contributed by atoms with van der Waals surface area (Å²) >= 11 is 0. The first-order valence-corrected chi connectivity index (χ1v) is 8.75. The van der Waals surface area contributed by atoms with Crippen molar-refractivity contribution in [1.29, 1.82) is 0 Å². The Morgan fingerprint density at radius 1 is 0.962 bits per heavy atom. The summed E-state index contributed by atoms with van der Waals surface area (Å²) in [4.78, 5) is 13.7. The number of nitrogens with zero attached hydrogens (tertiary/aromatic N) is 4. The maximum absolute atomic E-state index is 6.15.